The molecule has 3 rings (SSSR count). The molecule has 1 aliphatic rings. The lowest BCUT2D eigenvalue weighted by Gasteiger charge is -2.10. The van der Waals surface area contributed by atoms with Gasteiger partial charge in [-0.15, -0.1) is 0 Å². The predicted molar refractivity (Wildman–Crippen MR) is 75.9 cm³/mol. The summed E-state index contributed by atoms with van der Waals surface area (Å²) in [6.07, 6.45) is 0.943. The van der Waals surface area contributed by atoms with Gasteiger partial charge in [0.2, 0.25) is 5.91 Å². The second-order valence-corrected chi connectivity index (χ2v) is 5.18. The number of fused-ring (bicyclic) bond motifs is 1. The van der Waals surface area contributed by atoms with Gasteiger partial charge in [0.1, 0.15) is 0 Å². The van der Waals surface area contributed by atoms with Crippen molar-refractivity contribution in [3.63, 3.8) is 0 Å². The third kappa shape index (κ3) is 2.36. The molecule has 0 saturated carbocycles. The van der Waals surface area contributed by atoms with Gasteiger partial charge in [0.15, 0.2) is 0 Å². The van der Waals surface area contributed by atoms with Crippen LogP contribution in [0.25, 0.3) is 10.9 Å². The fraction of sp³-hybridized carbons (Fsp3) is 0.400. The summed E-state index contributed by atoms with van der Waals surface area (Å²) in [6.45, 7) is 4.41. The number of benzene rings is 1. The molecule has 1 aromatic carbocycles. The predicted octanol–water partition coefficient (Wildman–Crippen LogP) is 1.70. The maximum Gasteiger partial charge on any atom is 0.224 e. The van der Waals surface area contributed by atoms with Crippen molar-refractivity contribution in [2.24, 2.45) is 5.92 Å². The third-order valence-electron chi connectivity index (χ3n) is 3.90. The zero-order valence-corrected chi connectivity index (χ0v) is 11.1. The van der Waals surface area contributed by atoms with E-state index in [4.69, 9.17) is 0 Å². The summed E-state index contributed by atoms with van der Waals surface area (Å²) in [5, 5.41) is 7.48. The molecule has 1 amide bonds. The monoisotopic (exact) mass is 257 g/mol. The molecule has 0 bridgehead atoms. The Kier molecular flexibility index (Phi) is 3.25. The van der Waals surface area contributed by atoms with Crippen LogP contribution in [0.3, 0.4) is 0 Å². The SMILES string of the molecule is Cc1[nH]c2ccccc2c1CNC(=O)C1CCNC1. The van der Waals surface area contributed by atoms with Gasteiger partial charge in [-0.25, -0.2) is 0 Å². The zero-order chi connectivity index (χ0) is 13.2. The summed E-state index contributed by atoms with van der Waals surface area (Å²) in [5.41, 5.74) is 3.45. The van der Waals surface area contributed by atoms with Gasteiger partial charge in [-0.2, -0.15) is 0 Å². The number of amides is 1. The molecule has 100 valence electrons. The van der Waals surface area contributed by atoms with Gasteiger partial charge in [-0.05, 0) is 31.5 Å². The molecule has 1 aromatic heterocycles. The number of carbonyl (C=O) groups is 1. The van der Waals surface area contributed by atoms with E-state index < -0.39 is 0 Å². The van der Waals surface area contributed by atoms with E-state index in [1.807, 2.05) is 12.1 Å². The van der Waals surface area contributed by atoms with E-state index in [0.29, 0.717) is 6.54 Å². The van der Waals surface area contributed by atoms with Gasteiger partial charge in [-0.3, -0.25) is 4.79 Å². The number of H-pyrrole nitrogens is 1. The molecular weight excluding hydrogens is 238 g/mol. The van der Waals surface area contributed by atoms with Crippen LogP contribution in [0.5, 0.6) is 0 Å². The summed E-state index contributed by atoms with van der Waals surface area (Å²) in [4.78, 5) is 15.4. The van der Waals surface area contributed by atoms with Gasteiger partial charge in [0, 0.05) is 29.7 Å². The van der Waals surface area contributed by atoms with Crippen molar-refractivity contribution in [3.05, 3.63) is 35.5 Å². The molecule has 4 nitrogen and oxygen atoms in total. The molecular formula is C15H19N3O. The smallest absolute Gasteiger partial charge is 0.224 e. The topological polar surface area (TPSA) is 56.9 Å². The van der Waals surface area contributed by atoms with Crippen LogP contribution in [0.1, 0.15) is 17.7 Å². The van der Waals surface area contributed by atoms with E-state index in [1.54, 1.807) is 0 Å². The summed E-state index contributed by atoms with van der Waals surface area (Å²) < 4.78 is 0. The van der Waals surface area contributed by atoms with Crippen LogP contribution in [-0.4, -0.2) is 24.0 Å². The van der Waals surface area contributed by atoms with Crippen molar-refractivity contribution < 1.29 is 4.79 Å². The Morgan fingerprint density at radius 2 is 2.26 bits per heavy atom. The molecule has 1 fully saturated rings. The number of rotatable bonds is 3. The highest BCUT2D eigenvalue weighted by Crippen LogP contribution is 2.21. The van der Waals surface area contributed by atoms with Crippen molar-refractivity contribution in [1.82, 2.24) is 15.6 Å². The molecule has 2 heterocycles. The Bertz CT molecular complexity index is 596. The van der Waals surface area contributed by atoms with Gasteiger partial charge in [-0.1, -0.05) is 18.2 Å². The van der Waals surface area contributed by atoms with Gasteiger partial charge in [0.05, 0.1) is 5.92 Å². The molecule has 1 atom stereocenters. The Labute approximate surface area is 112 Å². The first kappa shape index (κ1) is 12.2. The van der Waals surface area contributed by atoms with E-state index in [1.165, 1.54) is 10.9 Å². The van der Waals surface area contributed by atoms with Crippen LogP contribution in [-0.2, 0) is 11.3 Å². The molecule has 0 radical (unpaired) electrons. The standard InChI is InChI=1S/C15H19N3O/c1-10-13(12-4-2-3-5-14(12)18-10)9-17-15(19)11-6-7-16-8-11/h2-5,11,16,18H,6-9H2,1H3,(H,17,19). The van der Waals surface area contributed by atoms with Crippen LogP contribution >= 0.6 is 0 Å². The Balaban J connectivity index is 1.74. The molecule has 19 heavy (non-hydrogen) atoms. The summed E-state index contributed by atoms with van der Waals surface area (Å²) in [6, 6.07) is 8.21. The van der Waals surface area contributed by atoms with Crippen molar-refractivity contribution in [1.29, 1.82) is 0 Å². The first-order chi connectivity index (χ1) is 9.25. The number of hydrogen-bond donors (Lipinski definition) is 3. The molecule has 1 aliphatic heterocycles. The first-order valence-corrected chi connectivity index (χ1v) is 6.80. The first-order valence-electron chi connectivity index (χ1n) is 6.80. The highest BCUT2D eigenvalue weighted by Gasteiger charge is 2.22. The molecule has 3 N–H and O–H groups in total. The lowest BCUT2D eigenvalue weighted by atomic mass is 10.1. The maximum absolute atomic E-state index is 12.0. The van der Waals surface area contributed by atoms with Crippen molar-refractivity contribution in [2.45, 2.75) is 19.9 Å². The molecule has 4 heteroatoms. The third-order valence-corrected chi connectivity index (χ3v) is 3.90. The highest BCUT2D eigenvalue weighted by atomic mass is 16.1. The Morgan fingerprint density at radius 3 is 3.05 bits per heavy atom. The second-order valence-electron chi connectivity index (χ2n) is 5.18. The normalized spacial score (nSPS) is 18.9. The van der Waals surface area contributed by atoms with Crippen LogP contribution in [0.2, 0.25) is 0 Å². The van der Waals surface area contributed by atoms with Gasteiger partial charge in [0.25, 0.3) is 0 Å². The van der Waals surface area contributed by atoms with Crippen LogP contribution < -0.4 is 10.6 Å². The fourth-order valence-corrected chi connectivity index (χ4v) is 2.76. The van der Waals surface area contributed by atoms with Crippen LogP contribution in [0, 0.1) is 12.8 Å². The quantitative estimate of drug-likeness (QED) is 0.784. The lowest BCUT2D eigenvalue weighted by molar-refractivity contribution is -0.124. The van der Waals surface area contributed by atoms with E-state index in [-0.39, 0.29) is 11.8 Å². The molecule has 1 saturated heterocycles. The van der Waals surface area contributed by atoms with Crippen molar-refractivity contribution in [2.75, 3.05) is 13.1 Å². The lowest BCUT2D eigenvalue weighted by Crippen LogP contribution is -2.31. The van der Waals surface area contributed by atoms with Crippen LogP contribution in [0.4, 0.5) is 0 Å². The summed E-state index contributed by atoms with van der Waals surface area (Å²) >= 11 is 0. The number of para-hydroxylation sites is 1. The molecule has 1 unspecified atom stereocenters. The average Bonchev–Trinajstić information content (AvgIpc) is 3.03. The molecule has 0 spiro atoms. The fourth-order valence-electron chi connectivity index (χ4n) is 2.76. The van der Waals surface area contributed by atoms with E-state index >= 15 is 0 Å². The summed E-state index contributed by atoms with van der Waals surface area (Å²) in [7, 11) is 0. The van der Waals surface area contributed by atoms with Crippen molar-refractivity contribution in [3.8, 4) is 0 Å². The minimum absolute atomic E-state index is 0.130. The van der Waals surface area contributed by atoms with Crippen LogP contribution in [0.15, 0.2) is 24.3 Å². The maximum atomic E-state index is 12.0. The number of aromatic amines is 1. The zero-order valence-electron chi connectivity index (χ0n) is 11.1. The molecule has 0 aliphatic carbocycles. The number of hydrogen-bond acceptors (Lipinski definition) is 2. The number of nitrogens with one attached hydrogen (secondary N) is 3. The van der Waals surface area contributed by atoms with Crippen molar-refractivity contribution >= 4 is 16.8 Å². The number of aromatic nitrogens is 1. The number of aryl methyl sites for hydroxylation is 1. The Morgan fingerprint density at radius 1 is 1.42 bits per heavy atom. The van der Waals surface area contributed by atoms with E-state index in [2.05, 4.69) is 34.7 Å². The summed E-state index contributed by atoms with van der Waals surface area (Å²) in [5.74, 6) is 0.292. The second kappa shape index (κ2) is 5.05. The highest BCUT2D eigenvalue weighted by molar-refractivity contribution is 5.85. The Hall–Kier alpha value is -1.81. The molecule has 2 aromatic rings. The van der Waals surface area contributed by atoms with E-state index in [9.17, 15) is 4.79 Å². The average molecular weight is 257 g/mol. The largest absolute Gasteiger partial charge is 0.358 e. The van der Waals surface area contributed by atoms with Gasteiger partial charge >= 0.3 is 0 Å². The minimum atomic E-state index is 0.130. The van der Waals surface area contributed by atoms with Gasteiger partial charge < -0.3 is 15.6 Å². The van der Waals surface area contributed by atoms with E-state index in [0.717, 1.165) is 30.7 Å². The number of carbonyl (C=O) groups excluding carboxylic acids is 1. The minimum Gasteiger partial charge on any atom is -0.358 e.